The normalized spacial score (nSPS) is 11.3. The molecule has 2 aromatic rings. The van der Waals surface area contributed by atoms with E-state index in [1.54, 1.807) is 7.11 Å². The van der Waals surface area contributed by atoms with Gasteiger partial charge in [0.25, 0.3) is 0 Å². The van der Waals surface area contributed by atoms with Crippen molar-refractivity contribution in [3.05, 3.63) is 59.2 Å². The van der Waals surface area contributed by atoms with Crippen molar-refractivity contribution in [3.8, 4) is 5.75 Å². The second-order valence-corrected chi connectivity index (χ2v) is 4.97. The smallest absolute Gasteiger partial charge is 0.193 e. The van der Waals surface area contributed by atoms with Gasteiger partial charge in [0.2, 0.25) is 0 Å². The quantitative estimate of drug-likeness (QED) is 0.669. The lowest BCUT2D eigenvalue weighted by Crippen LogP contribution is -2.22. The van der Waals surface area contributed by atoms with E-state index in [4.69, 9.17) is 10.5 Å². The molecule has 0 aromatic heterocycles. The van der Waals surface area contributed by atoms with Crippen LogP contribution >= 0.6 is 0 Å². The summed E-state index contributed by atoms with van der Waals surface area (Å²) in [6.07, 6.45) is 0. The first-order valence-electron chi connectivity index (χ1n) is 6.85. The molecule has 0 radical (unpaired) electrons. The largest absolute Gasteiger partial charge is 0.497 e. The number of hydrogen-bond acceptors (Lipinski definition) is 2. The standard InChI is InChI=1S/C17H21N3O/c1-12-4-7-15(10-13(12)2)20-17(18)19-11-14-5-8-16(21-3)9-6-14/h4-10H,11H2,1-3H3,(H3,18,19,20). The van der Waals surface area contributed by atoms with E-state index in [1.807, 2.05) is 30.3 Å². The molecule has 0 aliphatic carbocycles. The van der Waals surface area contributed by atoms with E-state index in [9.17, 15) is 0 Å². The third-order valence-corrected chi connectivity index (χ3v) is 3.37. The Morgan fingerprint density at radius 2 is 1.81 bits per heavy atom. The van der Waals surface area contributed by atoms with Gasteiger partial charge in [0.05, 0.1) is 13.7 Å². The van der Waals surface area contributed by atoms with Crippen LogP contribution in [0.1, 0.15) is 16.7 Å². The molecule has 0 aliphatic heterocycles. The van der Waals surface area contributed by atoms with Gasteiger partial charge in [-0.2, -0.15) is 0 Å². The van der Waals surface area contributed by atoms with Crippen LogP contribution in [0.3, 0.4) is 0 Å². The van der Waals surface area contributed by atoms with Crippen LogP contribution in [0.2, 0.25) is 0 Å². The molecule has 0 bridgehead atoms. The number of aliphatic imine (C=N–C) groups is 1. The van der Waals surface area contributed by atoms with Gasteiger partial charge in [0, 0.05) is 5.69 Å². The highest BCUT2D eigenvalue weighted by molar-refractivity contribution is 5.92. The van der Waals surface area contributed by atoms with Crippen LogP contribution in [-0.2, 0) is 6.54 Å². The summed E-state index contributed by atoms with van der Waals surface area (Å²) in [7, 11) is 1.65. The summed E-state index contributed by atoms with van der Waals surface area (Å²) >= 11 is 0. The lowest BCUT2D eigenvalue weighted by atomic mass is 10.1. The topological polar surface area (TPSA) is 59.6 Å². The van der Waals surface area contributed by atoms with Crippen molar-refractivity contribution in [1.29, 1.82) is 0 Å². The first-order valence-corrected chi connectivity index (χ1v) is 6.85. The molecule has 2 aromatic carbocycles. The molecule has 21 heavy (non-hydrogen) atoms. The van der Waals surface area contributed by atoms with Crippen LogP contribution in [0.4, 0.5) is 5.69 Å². The van der Waals surface area contributed by atoms with Gasteiger partial charge in [-0.05, 0) is 54.8 Å². The number of benzene rings is 2. The number of anilines is 1. The number of aryl methyl sites for hydroxylation is 2. The van der Waals surface area contributed by atoms with Crippen LogP contribution < -0.4 is 15.8 Å². The maximum atomic E-state index is 5.91. The van der Waals surface area contributed by atoms with Gasteiger partial charge in [-0.3, -0.25) is 0 Å². The molecular formula is C17H21N3O. The zero-order valence-electron chi connectivity index (χ0n) is 12.7. The van der Waals surface area contributed by atoms with E-state index in [1.165, 1.54) is 11.1 Å². The fourth-order valence-electron chi connectivity index (χ4n) is 1.91. The number of hydrogen-bond donors (Lipinski definition) is 2. The number of guanidine groups is 1. The Morgan fingerprint density at radius 1 is 1.10 bits per heavy atom. The van der Waals surface area contributed by atoms with Crippen molar-refractivity contribution in [2.75, 3.05) is 12.4 Å². The van der Waals surface area contributed by atoms with E-state index < -0.39 is 0 Å². The van der Waals surface area contributed by atoms with Crippen molar-refractivity contribution >= 4 is 11.6 Å². The van der Waals surface area contributed by atoms with Crippen molar-refractivity contribution in [1.82, 2.24) is 0 Å². The molecule has 0 aliphatic rings. The molecule has 110 valence electrons. The van der Waals surface area contributed by atoms with E-state index in [2.05, 4.69) is 36.3 Å². The number of nitrogens with one attached hydrogen (secondary N) is 1. The SMILES string of the molecule is COc1ccc(CN=C(N)Nc2ccc(C)c(C)c2)cc1. The summed E-state index contributed by atoms with van der Waals surface area (Å²) in [5, 5.41) is 3.11. The van der Waals surface area contributed by atoms with Crippen LogP contribution in [0.25, 0.3) is 0 Å². The van der Waals surface area contributed by atoms with Crippen molar-refractivity contribution < 1.29 is 4.74 Å². The number of methoxy groups -OCH3 is 1. The Balaban J connectivity index is 1.98. The van der Waals surface area contributed by atoms with Gasteiger partial charge >= 0.3 is 0 Å². The molecule has 0 heterocycles. The molecule has 0 saturated carbocycles. The van der Waals surface area contributed by atoms with Gasteiger partial charge in [-0.1, -0.05) is 18.2 Å². The molecule has 4 nitrogen and oxygen atoms in total. The summed E-state index contributed by atoms with van der Waals surface area (Å²) < 4.78 is 5.12. The molecule has 0 atom stereocenters. The Kier molecular flexibility index (Phi) is 4.82. The number of rotatable bonds is 4. The van der Waals surface area contributed by atoms with Crippen LogP contribution in [0, 0.1) is 13.8 Å². The second-order valence-electron chi connectivity index (χ2n) is 4.97. The second kappa shape index (κ2) is 6.79. The van der Waals surface area contributed by atoms with E-state index in [-0.39, 0.29) is 0 Å². The van der Waals surface area contributed by atoms with Crippen molar-refractivity contribution in [2.45, 2.75) is 20.4 Å². The van der Waals surface area contributed by atoms with Gasteiger partial charge in [-0.25, -0.2) is 4.99 Å². The Labute approximate surface area is 125 Å². The van der Waals surface area contributed by atoms with Crippen LogP contribution in [-0.4, -0.2) is 13.1 Å². The maximum Gasteiger partial charge on any atom is 0.193 e. The monoisotopic (exact) mass is 283 g/mol. The minimum atomic E-state index is 0.411. The predicted octanol–water partition coefficient (Wildman–Crippen LogP) is 3.24. The third kappa shape index (κ3) is 4.24. The molecule has 0 spiro atoms. The van der Waals surface area contributed by atoms with Gasteiger partial charge in [0.1, 0.15) is 5.75 Å². The molecule has 2 rings (SSSR count). The van der Waals surface area contributed by atoms with Crippen LogP contribution in [0.5, 0.6) is 5.75 Å². The molecule has 3 N–H and O–H groups in total. The fraction of sp³-hybridized carbons (Fsp3) is 0.235. The molecule has 0 amide bonds. The molecule has 0 unspecified atom stereocenters. The fourth-order valence-corrected chi connectivity index (χ4v) is 1.91. The summed E-state index contributed by atoms with van der Waals surface area (Å²) in [6, 6.07) is 13.9. The highest BCUT2D eigenvalue weighted by Crippen LogP contribution is 2.14. The predicted molar refractivity (Wildman–Crippen MR) is 87.9 cm³/mol. The van der Waals surface area contributed by atoms with Gasteiger partial charge in [0.15, 0.2) is 5.96 Å². The molecule has 0 fully saturated rings. The third-order valence-electron chi connectivity index (χ3n) is 3.37. The van der Waals surface area contributed by atoms with Gasteiger partial charge < -0.3 is 15.8 Å². The van der Waals surface area contributed by atoms with E-state index >= 15 is 0 Å². The first kappa shape index (κ1) is 14.9. The average Bonchev–Trinajstić information content (AvgIpc) is 2.49. The van der Waals surface area contributed by atoms with E-state index in [0.29, 0.717) is 12.5 Å². The zero-order valence-corrected chi connectivity index (χ0v) is 12.7. The maximum absolute atomic E-state index is 5.91. The average molecular weight is 283 g/mol. The summed E-state index contributed by atoms with van der Waals surface area (Å²) in [5.74, 6) is 1.25. The minimum absolute atomic E-state index is 0.411. The zero-order chi connectivity index (χ0) is 15.2. The number of ether oxygens (including phenoxy) is 1. The first-order chi connectivity index (χ1) is 10.1. The minimum Gasteiger partial charge on any atom is -0.497 e. The Bertz CT molecular complexity index is 633. The van der Waals surface area contributed by atoms with Crippen molar-refractivity contribution in [3.63, 3.8) is 0 Å². The lowest BCUT2D eigenvalue weighted by molar-refractivity contribution is 0.414. The highest BCUT2D eigenvalue weighted by atomic mass is 16.5. The number of nitrogens with two attached hydrogens (primary N) is 1. The van der Waals surface area contributed by atoms with Gasteiger partial charge in [-0.15, -0.1) is 0 Å². The Hall–Kier alpha value is -2.49. The highest BCUT2D eigenvalue weighted by Gasteiger charge is 1.98. The van der Waals surface area contributed by atoms with Crippen molar-refractivity contribution in [2.24, 2.45) is 10.7 Å². The van der Waals surface area contributed by atoms with E-state index in [0.717, 1.165) is 17.0 Å². The molecule has 4 heteroatoms. The molecular weight excluding hydrogens is 262 g/mol. The lowest BCUT2D eigenvalue weighted by Gasteiger charge is -2.08. The van der Waals surface area contributed by atoms with Crippen LogP contribution in [0.15, 0.2) is 47.5 Å². The Morgan fingerprint density at radius 3 is 2.43 bits per heavy atom. The summed E-state index contributed by atoms with van der Waals surface area (Å²) in [6.45, 7) is 4.69. The number of nitrogens with zero attached hydrogens (tertiary/aromatic N) is 1. The summed E-state index contributed by atoms with van der Waals surface area (Å²) in [5.41, 5.74) is 10.4. The molecule has 0 saturated heterocycles. The summed E-state index contributed by atoms with van der Waals surface area (Å²) in [4.78, 5) is 4.34.